The number of esters is 1. The van der Waals surface area contributed by atoms with E-state index in [0.29, 0.717) is 0 Å². The molecule has 2 heterocycles. The van der Waals surface area contributed by atoms with Crippen LogP contribution in [0.5, 0.6) is 0 Å². The summed E-state index contributed by atoms with van der Waals surface area (Å²) in [5.41, 5.74) is 1.27. The largest absolute Gasteiger partial charge is 0.454 e. The zero-order chi connectivity index (χ0) is 18.2. The fraction of sp³-hybridized carbons (Fsp3) is 0.471. The number of ether oxygens (including phenoxy) is 3. The second-order valence-electron chi connectivity index (χ2n) is 6.36. The predicted molar refractivity (Wildman–Crippen MR) is 89.5 cm³/mol. The number of carbonyl (C=O) groups excluding carboxylic acids is 1. The lowest BCUT2D eigenvalue weighted by atomic mass is 10.1. The smallest absolute Gasteiger partial charge is 0.333 e. The fourth-order valence-corrected chi connectivity index (χ4v) is 4.12. The first-order valence-corrected chi connectivity index (χ1v) is 9.45. The Kier molecular flexibility index (Phi) is 4.97. The van der Waals surface area contributed by atoms with Crippen LogP contribution in [-0.4, -0.2) is 52.0 Å². The van der Waals surface area contributed by atoms with Gasteiger partial charge in [0.05, 0.1) is 24.2 Å². The number of nitrogens with one attached hydrogen (secondary N) is 1. The molecule has 2 fully saturated rings. The van der Waals surface area contributed by atoms with Crippen LogP contribution >= 0.6 is 0 Å². The Labute approximate surface area is 147 Å². The summed E-state index contributed by atoms with van der Waals surface area (Å²) in [4.78, 5) is 11.9. The number of rotatable bonds is 5. The van der Waals surface area contributed by atoms with Crippen LogP contribution in [0.3, 0.4) is 0 Å². The Balaban J connectivity index is 1.67. The summed E-state index contributed by atoms with van der Waals surface area (Å²) in [6.45, 7) is 7.30. The van der Waals surface area contributed by atoms with Crippen LogP contribution in [-0.2, 0) is 29.0 Å². The number of benzene rings is 1. The molecule has 0 unspecified atom stereocenters. The molecule has 2 aliphatic rings. The topological polar surface area (TPSA) is 90.9 Å². The quantitative estimate of drug-likeness (QED) is 0.615. The molecule has 2 saturated heterocycles. The Bertz CT molecular complexity index is 773. The maximum absolute atomic E-state index is 12.5. The van der Waals surface area contributed by atoms with Gasteiger partial charge in [-0.05, 0) is 26.0 Å². The third-order valence-electron chi connectivity index (χ3n) is 4.25. The highest BCUT2D eigenvalue weighted by atomic mass is 32.2. The molecule has 7 nitrogen and oxygen atoms in total. The Morgan fingerprint density at radius 1 is 1.20 bits per heavy atom. The Morgan fingerprint density at radius 3 is 2.48 bits per heavy atom. The summed E-state index contributed by atoms with van der Waals surface area (Å²) in [5.74, 6) is -0.512. The van der Waals surface area contributed by atoms with Crippen LogP contribution in [0, 0.1) is 6.92 Å². The number of hydrogen-bond acceptors (Lipinski definition) is 6. The van der Waals surface area contributed by atoms with E-state index in [-0.39, 0.29) is 23.7 Å². The van der Waals surface area contributed by atoms with Gasteiger partial charge in [0.15, 0.2) is 6.10 Å². The van der Waals surface area contributed by atoms with Gasteiger partial charge in [0, 0.05) is 5.57 Å². The lowest BCUT2D eigenvalue weighted by molar-refractivity contribution is -0.148. The van der Waals surface area contributed by atoms with Gasteiger partial charge >= 0.3 is 5.97 Å². The van der Waals surface area contributed by atoms with Crippen LogP contribution in [0.2, 0.25) is 0 Å². The van der Waals surface area contributed by atoms with Gasteiger partial charge in [-0.1, -0.05) is 24.3 Å². The maximum atomic E-state index is 12.5. The molecule has 0 aliphatic carbocycles. The molecule has 0 saturated carbocycles. The normalized spacial score (nSPS) is 28.6. The van der Waals surface area contributed by atoms with E-state index in [2.05, 4.69) is 11.3 Å². The van der Waals surface area contributed by atoms with E-state index in [0.717, 1.165) is 5.56 Å². The van der Waals surface area contributed by atoms with Gasteiger partial charge < -0.3 is 14.2 Å². The van der Waals surface area contributed by atoms with Gasteiger partial charge in [-0.2, -0.15) is 0 Å². The predicted octanol–water partition coefficient (Wildman–Crippen LogP) is 0.927. The molecule has 8 heteroatoms. The van der Waals surface area contributed by atoms with Gasteiger partial charge in [-0.15, -0.1) is 0 Å². The zero-order valence-electron chi connectivity index (χ0n) is 14.1. The van der Waals surface area contributed by atoms with Crippen molar-refractivity contribution in [2.45, 2.75) is 43.1 Å². The van der Waals surface area contributed by atoms with E-state index in [4.69, 9.17) is 14.2 Å². The minimum Gasteiger partial charge on any atom is -0.454 e. The van der Waals surface area contributed by atoms with Crippen LogP contribution < -0.4 is 4.72 Å². The second kappa shape index (κ2) is 6.87. The molecule has 1 aromatic rings. The second-order valence-corrected chi connectivity index (χ2v) is 8.07. The van der Waals surface area contributed by atoms with E-state index in [1.807, 2.05) is 6.92 Å². The van der Waals surface area contributed by atoms with Crippen molar-refractivity contribution in [3.8, 4) is 0 Å². The molecule has 0 aromatic heterocycles. The number of fused-ring (bicyclic) bond motifs is 1. The highest BCUT2D eigenvalue weighted by molar-refractivity contribution is 7.89. The zero-order valence-corrected chi connectivity index (χ0v) is 14.9. The molecular weight excluding hydrogens is 346 g/mol. The first-order valence-electron chi connectivity index (χ1n) is 7.96. The van der Waals surface area contributed by atoms with Crippen LogP contribution in [0.15, 0.2) is 41.3 Å². The molecule has 0 radical (unpaired) electrons. The van der Waals surface area contributed by atoms with Crippen molar-refractivity contribution >= 4 is 16.0 Å². The average molecular weight is 367 g/mol. The molecular formula is C17H21NO6S. The van der Waals surface area contributed by atoms with Crippen molar-refractivity contribution in [1.82, 2.24) is 4.72 Å². The average Bonchev–Trinajstić information content (AvgIpc) is 3.11. The highest BCUT2D eigenvalue weighted by Crippen LogP contribution is 2.30. The van der Waals surface area contributed by atoms with Crippen molar-refractivity contribution in [2.75, 3.05) is 13.2 Å². The molecule has 0 amide bonds. The molecule has 3 rings (SSSR count). The molecule has 0 bridgehead atoms. The maximum Gasteiger partial charge on any atom is 0.333 e. The summed E-state index contributed by atoms with van der Waals surface area (Å²) in [7, 11) is -3.68. The van der Waals surface area contributed by atoms with Crippen LogP contribution in [0.1, 0.15) is 12.5 Å². The Morgan fingerprint density at radius 2 is 1.84 bits per heavy atom. The first-order chi connectivity index (χ1) is 11.8. The van der Waals surface area contributed by atoms with Crippen LogP contribution in [0.4, 0.5) is 0 Å². The SMILES string of the molecule is C=C(C)C(=O)O[C@@H]1CO[C@H]2[C@@H]1OC[C@@H]2NS(=O)(=O)c1ccc(C)cc1. The van der Waals surface area contributed by atoms with E-state index >= 15 is 0 Å². The van der Waals surface area contributed by atoms with Gasteiger partial charge in [0.1, 0.15) is 12.2 Å². The lowest BCUT2D eigenvalue weighted by Gasteiger charge is -2.18. The van der Waals surface area contributed by atoms with Crippen molar-refractivity contribution in [2.24, 2.45) is 0 Å². The van der Waals surface area contributed by atoms with Gasteiger partial charge in [-0.3, -0.25) is 0 Å². The lowest BCUT2D eigenvalue weighted by Crippen LogP contribution is -2.44. The summed E-state index contributed by atoms with van der Waals surface area (Å²) in [5, 5.41) is 0. The van der Waals surface area contributed by atoms with E-state index in [1.54, 1.807) is 31.2 Å². The molecule has 25 heavy (non-hydrogen) atoms. The van der Waals surface area contributed by atoms with Gasteiger partial charge in [0.2, 0.25) is 10.0 Å². The monoisotopic (exact) mass is 367 g/mol. The van der Waals surface area contributed by atoms with Crippen molar-refractivity contribution < 1.29 is 27.4 Å². The van der Waals surface area contributed by atoms with Crippen molar-refractivity contribution in [3.05, 3.63) is 42.0 Å². The summed E-state index contributed by atoms with van der Waals surface area (Å²) in [6, 6.07) is 6.05. The number of sulfonamides is 1. The minimum absolute atomic E-state index is 0.154. The number of carbonyl (C=O) groups is 1. The fourth-order valence-electron chi connectivity index (χ4n) is 2.89. The van der Waals surface area contributed by atoms with Gasteiger partial charge in [-0.25, -0.2) is 17.9 Å². The number of hydrogen-bond donors (Lipinski definition) is 1. The van der Waals surface area contributed by atoms with E-state index < -0.39 is 40.3 Å². The molecule has 1 N–H and O–H groups in total. The minimum atomic E-state index is -3.68. The van der Waals surface area contributed by atoms with Gasteiger partial charge in [0.25, 0.3) is 0 Å². The molecule has 1 aromatic carbocycles. The van der Waals surface area contributed by atoms with E-state index in [1.165, 1.54) is 0 Å². The third kappa shape index (κ3) is 3.77. The highest BCUT2D eigenvalue weighted by Gasteiger charge is 2.50. The van der Waals surface area contributed by atoms with Crippen LogP contribution in [0.25, 0.3) is 0 Å². The first kappa shape index (κ1) is 18.1. The summed E-state index contributed by atoms with van der Waals surface area (Å²) in [6.07, 6.45) is -1.56. The third-order valence-corrected chi connectivity index (χ3v) is 5.76. The molecule has 136 valence electrons. The molecule has 2 aliphatic heterocycles. The standard InChI is InChI=1S/C17H21NO6S/c1-10(2)17(19)24-14-9-23-15-13(8-22-16(14)15)18-25(20,21)12-6-4-11(3)5-7-12/h4-7,13-16,18H,1,8-9H2,2-3H3/t13-,14+,15+,16+/m0/s1. The molecule has 0 spiro atoms. The van der Waals surface area contributed by atoms with E-state index in [9.17, 15) is 13.2 Å². The number of aryl methyl sites for hydroxylation is 1. The van der Waals surface area contributed by atoms with Crippen molar-refractivity contribution in [1.29, 1.82) is 0 Å². The summed E-state index contributed by atoms with van der Waals surface area (Å²) < 4.78 is 44.2. The molecule has 4 atom stereocenters. The Hall–Kier alpha value is -1.74. The van der Waals surface area contributed by atoms with Crippen molar-refractivity contribution in [3.63, 3.8) is 0 Å². The summed E-state index contributed by atoms with van der Waals surface area (Å²) >= 11 is 0.